The van der Waals surface area contributed by atoms with E-state index in [1.54, 1.807) is 12.1 Å². The van der Waals surface area contributed by atoms with E-state index in [-0.39, 0.29) is 18.0 Å². The van der Waals surface area contributed by atoms with Crippen molar-refractivity contribution in [2.75, 3.05) is 6.61 Å². The minimum absolute atomic E-state index is 0.0503. The average Bonchev–Trinajstić information content (AvgIpc) is 3.00. The highest BCUT2D eigenvalue weighted by Gasteiger charge is 2.32. The predicted molar refractivity (Wildman–Crippen MR) is 103 cm³/mol. The molecule has 0 saturated heterocycles. The van der Waals surface area contributed by atoms with Crippen LogP contribution in [0.15, 0.2) is 42.5 Å². The Morgan fingerprint density at radius 1 is 1.14 bits per heavy atom. The molecule has 154 valence electrons. The van der Waals surface area contributed by atoms with E-state index in [0.717, 1.165) is 12.0 Å². The van der Waals surface area contributed by atoms with Gasteiger partial charge in [0.2, 0.25) is 0 Å². The van der Waals surface area contributed by atoms with Gasteiger partial charge in [-0.05, 0) is 39.0 Å². The molecule has 29 heavy (non-hydrogen) atoms. The van der Waals surface area contributed by atoms with Crippen LogP contribution in [-0.4, -0.2) is 30.1 Å². The smallest absolute Gasteiger partial charge is 0.279 e. The molecule has 1 atom stereocenters. The zero-order valence-electron chi connectivity index (χ0n) is 16.5. The summed E-state index contributed by atoms with van der Waals surface area (Å²) < 4.78 is 30.2. The number of carbonyl (C=O) groups is 2. The van der Waals surface area contributed by atoms with Gasteiger partial charge in [0.05, 0.1) is 0 Å². The van der Waals surface area contributed by atoms with Gasteiger partial charge in [0.15, 0.2) is 35.8 Å². The van der Waals surface area contributed by atoms with Gasteiger partial charge < -0.3 is 14.2 Å². The van der Waals surface area contributed by atoms with Crippen LogP contribution in [0.25, 0.3) is 0 Å². The molecule has 0 unspecified atom stereocenters. The van der Waals surface area contributed by atoms with E-state index in [1.165, 1.54) is 25.1 Å². The molecule has 1 aliphatic heterocycles. The highest BCUT2D eigenvalue weighted by atomic mass is 19.1. The highest BCUT2D eigenvalue weighted by molar-refractivity contribution is 5.85. The second-order valence-corrected chi connectivity index (χ2v) is 7.30. The zero-order valence-corrected chi connectivity index (χ0v) is 16.5. The van der Waals surface area contributed by atoms with Crippen LogP contribution in [0.5, 0.6) is 17.2 Å². The van der Waals surface area contributed by atoms with Gasteiger partial charge in [-0.15, -0.1) is 0 Å². The van der Waals surface area contributed by atoms with E-state index in [4.69, 9.17) is 14.2 Å². The summed E-state index contributed by atoms with van der Waals surface area (Å²) in [5.41, 5.74) is 5.15. The molecule has 1 heterocycles. The number of rotatable bonds is 6. The van der Waals surface area contributed by atoms with Crippen LogP contribution in [0.1, 0.15) is 26.3 Å². The molecule has 0 radical (unpaired) electrons. The van der Waals surface area contributed by atoms with Crippen molar-refractivity contribution in [3.63, 3.8) is 0 Å². The Bertz CT molecular complexity index is 916. The fraction of sp³-hybridized carbons (Fsp3) is 0.333. The topological polar surface area (TPSA) is 85.9 Å². The second kappa shape index (κ2) is 8.38. The lowest BCUT2D eigenvalue weighted by Crippen LogP contribution is -2.48. The third-order valence-electron chi connectivity index (χ3n) is 4.25. The van der Waals surface area contributed by atoms with E-state index < -0.39 is 23.7 Å². The zero-order chi connectivity index (χ0) is 21.0. The molecule has 0 saturated carbocycles. The fourth-order valence-corrected chi connectivity index (χ4v) is 2.90. The van der Waals surface area contributed by atoms with Gasteiger partial charge >= 0.3 is 0 Å². The van der Waals surface area contributed by atoms with Crippen LogP contribution in [0.2, 0.25) is 0 Å². The lowest BCUT2D eigenvalue weighted by molar-refractivity contribution is -0.133. The summed E-state index contributed by atoms with van der Waals surface area (Å²) in [6.45, 7) is 5.08. The molecule has 0 fully saturated rings. The summed E-state index contributed by atoms with van der Waals surface area (Å²) in [5.74, 6) is -0.735. The van der Waals surface area contributed by atoms with Crippen LogP contribution >= 0.6 is 0 Å². The van der Waals surface area contributed by atoms with Crippen molar-refractivity contribution in [1.29, 1.82) is 0 Å². The summed E-state index contributed by atoms with van der Waals surface area (Å²) in [6, 6.07) is 11.2. The van der Waals surface area contributed by atoms with Crippen LogP contribution in [0, 0.1) is 5.82 Å². The third kappa shape index (κ3) is 5.16. The summed E-state index contributed by atoms with van der Waals surface area (Å²) >= 11 is 0. The van der Waals surface area contributed by atoms with Gasteiger partial charge in [0.1, 0.15) is 5.60 Å². The molecule has 0 spiro atoms. The minimum Gasteiger partial charge on any atom is -0.483 e. The number of hydrogen-bond acceptors (Lipinski definition) is 5. The molecule has 1 aliphatic rings. The maximum absolute atomic E-state index is 13.6. The Hall–Kier alpha value is -3.29. The van der Waals surface area contributed by atoms with E-state index in [2.05, 4.69) is 10.9 Å². The molecule has 3 rings (SSSR count). The lowest BCUT2D eigenvalue weighted by Gasteiger charge is -2.18. The van der Waals surface area contributed by atoms with Crippen LogP contribution in [-0.2, 0) is 16.0 Å². The van der Waals surface area contributed by atoms with Gasteiger partial charge in [-0.1, -0.05) is 24.3 Å². The molecular weight excluding hydrogens is 379 g/mol. The number of hydrogen-bond donors (Lipinski definition) is 2. The van der Waals surface area contributed by atoms with Crippen molar-refractivity contribution in [3.8, 4) is 17.2 Å². The third-order valence-corrected chi connectivity index (χ3v) is 4.25. The van der Waals surface area contributed by atoms with Gasteiger partial charge in [0.25, 0.3) is 11.8 Å². The fourth-order valence-electron chi connectivity index (χ4n) is 2.90. The van der Waals surface area contributed by atoms with Gasteiger partial charge in [-0.2, -0.15) is 0 Å². The monoisotopic (exact) mass is 402 g/mol. The Kier molecular flexibility index (Phi) is 5.91. The molecular formula is C21H23FN2O5. The second-order valence-electron chi connectivity index (χ2n) is 7.30. The number of ether oxygens (including phenoxy) is 3. The Morgan fingerprint density at radius 3 is 2.62 bits per heavy atom. The number of halogens is 1. The maximum atomic E-state index is 13.6. The number of hydrazine groups is 1. The number of para-hydroxylation sites is 2. The molecule has 0 aromatic heterocycles. The maximum Gasteiger partial charge on any atom is 0.279 e. The van der Waals surface area contributed by atoms with Crippen LogP contribution in [0.3, 0.4) is 0 Å². The van der Waals surface area contributed by atoms with Crippen molar-refractivity contribution in [1.82, 2.24) is 10.9 Å². The van der Waals surface area contributed by atoms with Crippen LogP contribution < -0.4 is 25.1 Å². The molecule has 2 N–H and O–H groups in total. The first-order valence-electron chi connectivity index (χ1n) is 9.19. The number of amides is 2. The quantitative estimate of drug-likeness (QED) is 0.726. The van der Waals surface area contributed by atoms with Crippen molar-refractivity contribution in [3.05, 3.63) is 53.8 Å². The molecule has 8 heteroatoms. The van der Waals surface area contributed by atoms with E-state index in [1.807, 2.05) is 26.0 Å². The summed E-state index contributed by atoms with van der Waals surface area (Å²) in [5, 5.41) is 0. The first-order chi connectivity index (χ1) is 13.7. The van der Waals surface area contributed by atoms with Gasteiger partial charge in [-0.25, -0.2) is 4.39 Å². The Labute approximate surface area is 168 Å². The Morgan fingerprint density at radius 2 is 1.86 bits per heavy atom. The molecule has 2 amide bonds. The SMILES string of the molecule is C[C@H](Oc1ccccc1F)C(=O)NNC(=O)COc1cccc2c1OC(C)(C)C2. The number of fused-ring (bicyclic) bond motifs is 1. The standard InChI is InChI=1S/C21H23FN2O5/c1-13(28-16-9-5-4-8-15(16)22)20(26)24-23-18(25)12-27-17-10-6-7-14-11-21(2,3)29-19(14)17/h4-10,13H,11-12H2,1-3H3,(H,23,25)(H,24,26)/t13-/m0/s1. The van der Waals surface area contributed by atoms with E-state index in [0.29, 0.717) is 11.5 Å². The molecule has 0 aliphatic carbocycles. The van der Waals surface area contributed by atoms with Crippen molar-refractivity contribution < 1.29 is 28.2 Å². The molecule has 0 bridgehead atoms. The average molecular weight is 402 g/mol. The summed E-state index contributed by atoms with van der Waals surface area (Å²) in [4.78, 5) is 24.0. The lowest BCUT2D eigenvalue weighted by atomic mass is 10.0. The van der Waals surface area contributed by atoms with E-state index >= 15 is 0 Å². The highest BCUT2D eigenvalue weighted by Crippen LogP contribution is 2.41. The van der Waals surface area contributed by atoms with Gasteiger partial charge in [-0.3, -0.25) is 20.4 Å². The molecule has 2 aromatic carbocycles. The van der Waals surface area contributed by atoms with Crippen molar-refractivity contribution >= 4 is 11.8 Å². The largest absolute Gasteiger partial charge is 0.483 e. The number of carbonyl (C=O) groups excluding carboxylic acids is 2. The van der Waals surface area contributed by atoms with Crippen LogP contribution in [0.4, 0.5) is 4.39 Å². The predicted octanol–water partition coefficient (Wildman–Crippen LogP) is 2.53. The summed E-state index contributed by atoms with van der Waals surface area (Å²) in [6.07, 6.45) is -0.261. The first kappa shape index (κ1) is 20.4. The molecule has 7 nitrogen and oxygen atoms in total. The van der Waals surface area contributed by atoms with Crippen molar-refractivity contribution in [2.45, 2.75) is 38.9 Å². The number of benzene rings is 2. The van der Waals surface area contributed by atoms with E-state index in [9.17, 15) is 14.0 Å². The Balaban J connectivity index is 1.47. The number of nitrogens with one attached hydrogen (secondary N) is 2. The van der Waals surface area contributed by atoms with Gasteiger partial charge in [0, 0.05) is 12.0 Å². The van der Waals surface area contributed by atoms with Crippen molar-refractivity contribution in [2.24, 2.45) is 0 Å². The summed E-state index contributed by atoms with van der Waals surface area (Å²) in [7, 11) is 0. The molecule has 2 aromatic rings. The normalized spacial score (nSPS) is 14.9. The first-order valence-corrected chi connectivity index (χ1v) is 9.19. The minimum atomic E-state index is -1.01.